The van der Waals surface area contributed by atoms with E-state index in [0.717, 1.165) is 31.4 Å². The number of aryl methyl sites for hydroxylation is 2. The molecular weight excluding hydrogens is 389 g/mol. The van der Waals surface area contributed by atoms with Gasteiger partial charge in [0.25, 0.3) is 0 Å². The van der Waals surface area contributed by atoms with Crippen molar-refractivity contribution in [3.63, 3.8) is 0 Å². The van der Waals surface area contributed by atoms with Crippen molar-refractivity contribution in [2.24, 2.45) is 16.6 Å². The van der Waals surface area contributed by atoms with Crippen molar-refractivity contribution in [1.29, 1.82) is 0 Å². The smallest absolute Gasteiger partial charge is 0.193 e. The van der Waals surface area contributed by atoms with E-state index < -0.39 is 0 Å². The number of anilines is 1. The molecule has 1 aromatic carbocycles. The van der Waals surface area contributed by atoms with Crippen LogP contribution in [0.2, 0.25) is 0 Å². The first kappa shape index (κ1) is 19.2. The maximum Gasteiger partial charge on any atom is 0.193 e. The Balaban J connectivity index is 0.00000242. The zero-order chi connectivity index (χ0) is 15.1. The molecule has 1 atom stereocenters. The van der Waals surface area contributed by atoms with Crippen LogP contribution < -0.4 is 11.1 Å². The monoisotopic (exact) mass is 417 g/mol. The van der Waals surface area contributed by atoms with Gasteiger partial charge in [-0.3, -0.25) is 4.99 Å². The normalized spacial score (nSPS) is 15.1. The van der Waals surface area contributed by atoms with Gasteiger partial charge >= 0.3 is 0 Å². The van der Waals surface area contributed by atoms with Crippen molar-refractivity contribution in [3.05, 3.63) is 29.3 Å². The minimum Gasteiger partial charge on any atom is -0.396 e. The Bertz CT molecular complexity index is 485. The van der Waals surface area contributed by atoms with Crippen molar-refractivity contribution >= 4 is 35.6 Å². The van der Waals surface area contributed by atoms with Gasteiger partial charge < -0.3 is 16.2 Å². The third-order valence-corrected chi connectivity index (χ3v) is 4.13. The maximum atomic E-state index is 9.06. The Morgan fingerprint density at radius 1 is 1.32 bits per heavy atom. The number of nitrogens with one attached hydrogen (secondary N) is 1. The molecule has 4 N–H and O–H groups in total. The highest BCUT2D eigenvalue weighted by Gasteiger charge is 2.11. The fourth-order valence-electron chi connectivity index (χ4n) is 2.98. The molecule has 1 unspecified atom stereocenters. The van der Waals surface area contributed by atoms with Gasteiger partial charge in [-0.25, -0.2) is 0 Å². The van der Waals surface area contributed by atoms with Crippen molar-refractivity contribution < 1.29 is 5.11 Å². The summed E-state index contributed by atoms with van der Waals surface area (Å²) in [5.41, 5.74) is 9.88. The lowest BCUT2D eigenvalue weighted by molar-refractivity contribution is 0.253. The molecule has 0 aliphatic heterocycles. The first-order valence-electron chi connectivity index (χ1n) is 8.02. The molecule has 0 aromatic heterocycles. The van der Waals surface area contributed by atoms with Crippen LogP contribution in [0, 0.1) is 5.92 Å². The molecule has 124 valence electrons. The molecule has 0 saturated carbocycles. The van der Waals surface area contributed by atoms with Gasteiger partial charge in [-0.05, 0) is 61.3 Å². The van der Waals surface area contributed by atoms with Gasteiger partial charge in [0.15, 0.2) is 5.96 Å². The van der Waals surface area contributed by atoms with Gasteiger partial charge in [0.2, 0.25) is 0 Å². The number of halogens is 1. The largest absolute Gasteiger partial charge is 0.396 e. The van der Waals surface area contributed by atoms with E-state index in [0.29, 0.717) is 18.4 Å². The van der Waals surface area contributed by atoms with Crippen molar-refractivity contribution in [3.8, 4) is 0 Å². The highest BCUT2D eigenvalue weighted by atomic mass is 127. The summed E-state index contributed by atoms with van der Waals surface area (Å²) in [6, 6.07) is 6.44. The number of fused-ring (bicyclic) bond motifs is 1. The second-order valence-corrected chi connectivity index (χ2v) is 5.85. The molecule has 1 aliphatic carbocycles. The van der Waals surface area contributed by atoms with E-state index in [1.807, 2.05) is 0 Å². The first-order chi connectivity index (χ1) is 10.2. The van der Waals surface area contributed by atoms with Crippen molar-refractivity contribution in [2.75, 3.05) is 18.5 Å². The highest BCUT2D eigenvalue weighted by Crippen LogP contribution is 2.24. The number of aliphatic hydroxyl groups excluding tert-OH is 1. The van der Waals surface area contributed by atoms with Crippen molar-refractivity contribution in [2.45, 2.75) is 45.4 Å². The van der Waals surface area contributed by atoms with Gasteiger partial charge in [-0.15, -0.1) is 24.0 Å². The topological polar surface area (TPSA) is 70.6 Å². The summed E-state index contributed by atoms with van der Waals surface area (Å²) in [4.78, 5) is 4.42. The summed E-state index contributed by atoms with van der Waals surface area (Å²) in [6.45, 7) is 3.05. The Morgan fingerprint density at radius 3 is 2.82 bits per heavy atom. The van der Waals surface area contributed by atoms with Gasteiger partial charge in [0.05, 0.1) is 0 Å². The van der Waals surface area contributed by atoms with Gasteiger partial charge in [-0.2, -0.15) is 0 Å². The summed E-state index contributed by atoms with van der Waals surface area (Å²) >= 11 is 0. The minimum absolute atomic E-state index is 0. The van der Waals surface area contributed by atoms with Crippen LogP contribution in [0.25, 0.3) is 0 Å². The standard InChI is InChI=1S/C17H27N3O.HI/c1-2-4-13(9-10-21)12-19-17(18)20-16-8-7-14-5-3-6-15(14)11-16;/h7-8,11,13,21H,2-6,9-10,12H2,1H3,(H3,18,19,20);1H. The molecule has 0 radical (unpaired) electrons. The predicted molar refractivity (Wildman–Crippen MR) is 104 cm³/mol. The lowest BCUT2D eigenvalue weighted by Crippen LogP contribution is -2.24. The Hall–Kier alpha value is -0.820. The number of hydrogen-bond acceptors (Lipinski definition) is 2. The quantitative estimate of drug-likeness (QED) is 0.362. The molecule has 0 bridgehead atoms. The van der Waals surface area contributed by atoms with Crippen LogP contribution in [0.3, 0.4) is 0 Å². The zero-order valence-corrected chi connectivity index (χ0v) is 15.7. The van der Waals surface area contributed by atoms with E-state index in [9.17, 15) is 0 Å². The molecule has 4 nitrogen and oxygen atoms in total. The van der Waals surface area contributed by atoms with Gasteiger partial charge in [0.1, 0.15) is 0 Å². The van der Waals surface area contributed by atoms with Gasteiger partial charge in [-0.1, -0.05) is 19.4 Å². The molecule has 1 aliphatic rings. The zero-order valence-electron chi connectivity index (χ0n) is 13.3. The SMILES string of the molecule is CCCC(CCO)CN=C(N)Nc1ccc2c(c1)CCC2.I. The fourth-order valence-corrected chi connectivity index (χ4v) is 2.98. The van der Waals surface area contributed by atoms with E-state index in [1.165, 1.54) is 24.0 Å². The van der Waals surface area contributed by atoms with E-state index in [1.54, 1.807) is 0 Å². The van der Waals surface area contributed by atoms with E-state index in [2.05, 4.69) is 35.4 Å². The summed E-state index contributed by atoms with van der Waals surface area (Å²) in [5, 5.41) is 12.2. The number of nitrogens with two attached hydrogens (primary N) is 1. The molecule has 2 rings (SSSR count). The molecule has 0 fully saturated rings. The van der Waals surface area contributed by atoms with E-state index in [-0.39, 0.29) is 30.6 Å². The lowest BCUT2D eigenvalue weighted by atomic mass is 10.0. The van der Waals surface area contributed by atoms with E-state index in [4.69, 9.17) is 10.8 Å². The van der Waals surface area contributed by atoms with Crippen LogP contribution in [-0.4, -0.2) is 24.2 Å². The van der Waals surface area contributed by atoms with Crippen LogP contribution >= 0.6 is 24.0 Å². The fraction of sp³-hybridized carbons (Fsp3) is 0.588. The number of hydrogen-bond donors (Lipinski definition) is 3. The average Bonchev–Trinajstić information content (AvgIpc) is 2.93. The molecule has 0 spiro atoms. The number of benzene rings is 1. The maximum absolute atomic E-state index is 9.06. The first-order valence-corrected chi connectivity index (χ1v) is 8.02. The number of rotatable bonds is 7. The van der Waals surface area contributed by atoms with Gasteiger partial charge in [0, 0.05) is 18.8 Å². The number of guanidine groups is 1. The second-order valence-electron chi connectivity index (χ2n) is 5.85. The van der Waals surface area contributed by atoms with Crippen molar-refractivity contribution in [1.82, 2.24) is 0 Å². The van der Waals surface area contributed by atoms with Crippen LogP contribution in [-0.2, 0) is 12.8 Å². The summed E-state index contributed by atoms with van der Waals surface area (Å²) < 4.78 is 0. The Kier molecular flexibility index (Phi) is 8.78. The molecular formula is C17H28IN3O. The number of aliphatic hydroxyl groups is 1. The lowest BCUT2D eigenvalue weighted by Gasteiger charge is -2.13. The molecule has 5 heteroatoms. The minimum atomic E-state index is 0. The number of nitrogens with zero attached hydrogens (tertiary/aromatic N) is 1. The molecule has 1 aromatic rings. The molecule has 0 heterocycles. The summed E-state index contributed by atoms with van der Waals surface area (Å²) in [6.07, 6.45) is 6.59. The van der Waals surface area contributed by atoms with Crippen LogP contribution in [0.4, 0.5) is 5.69 Å². The Labute approximate surface area is 150 Å². The molecule has 0 saturated heterocycles. The van der Waals surface area contributed by atoms with Crippen LogP contribution in [0.5, 0.6) is 0 Å². The predicted octanol–water partition coefficient (Wildman–Crippen LogP) is 3.32. The van der Waals surface area contributed by atoms with Crippen LogP contribution in [0.1, 0.15) is 43.7 Å². The van der Waals surface area contributed by atoms with E-state index >= 15 is 0 Å². The average molecular weight is 417 g/mol. The second kappa shape index (κ2) is 10.0. The Morgan fingerprint density at radius 2 is 2.09 bits per heavy atom. The molecule has 0 amide bonds. The summed E-state index contributed by atoms with van der Waals surface area (Å²) in [5.74, 6) is 0.882. The molecule has 22 heavy (non-hydrogen) atoms. The third-order valence-electron chi connectivity index (χ3n) is 4.13. The van der Waals surface area contributed by atoms with Crippen LogP contribution in [0.15, 0.2) is 23.2 Å². The third kappa shape index (κ3) is 5.76. The number of aliphatic imine (C=N–C) groups is 1. The highest BCUT2D eigenvalue weighted by molar-refractivity contribution is 14.0. The summed E-state index contributed by atoms with van der Waals surface area (Å²) in [7, 11) is 0.